The number of carbonyl (C=O) groups is 1. The van der Waals surface area contributed by atoms with E-state index in [1.54, 1.807) is 23.1 Å². The second-order valence-electron chi connectivity index (χ2n) is 6.21. The van der Waals surface area contributed by atoms with Crippen LogP contribution in [0.4, 0.5) is 0 Å². The van der Waals surface area contributed by atoms with Crippen LogP contribution in [-0.4, -0.2) is 68.3 Å². The summed E-state index contributed by atoms with van der Waals surface area (Å²) in [4.78, 5) is 18.6. The van der Waals surface area contributed by atoms with Crippen LogP contribution in [0, 0.1) is 6.92 Å². The van der Waals surface area contributed by atoms with Gasteiger partial charge in [-0.25, -0.2) is 13.4 Å². The molecular weight excluding hydrogens is 408 g/mol. The molecule has 148 valence electrons. The number of hydrogen-bond donors (Lipinski definition) is 1. The second-order valence-corrected chi connectivity index (χ2v) is 9.12. The molecule has 1 aliphatic heterocycles. The summed E-state index contributed by atoms with van der Waals surface area (Å²) in [6.45, 7) is 4.41. The Hall–Kier alpha value is -1.52. The maximum atomic E-state index is 12.9. The second kappa shape index (κ2) is 9.11. The van der Waals surface area contributed by atoms with Crippen LogP contribution in [0.15, 0.2) is 34.5 Å². The molecule has 0 atom stereocenters. The van der Waals surface area contributed by atoms with Crippen molar-refractivity contribution in [1.82, 2.24) is 19.5 Å². The monoisotopic (exact) mass is 430 g/mol. The van der Waals surface area contributed by atoms with E-state index < -0.39 is 10.0 Å². The minimum Gasteiger partial charge on any atom is -0.339 e. The fraction of sp³-hybridized carbons (Fsp3) is 0.412. The Bertz CT molecular complexity index is 895. The average Bonchev–Trinajstić information content (AvgIpc) is 3.09. The van der Waals surface area contributed by atoms with Crippen molar-refractivity contribution < 1.29 is 13.2 Å². The van der Waals surface area contributed by atoms with Crippen LogP contribution < -0.4 is 5.32 Å². The van der Waals surface area contributed by atoms with Crippen LogP contribution >= 0.6 is 23.7 Å². The van der Waals surface area contributed by atoms with Crippen molar-refractivity contribution in [2.75, 3.05) is 39.8 Å². The van der Waals surface area contributed by atoms with Crippen LogP contribution in [0.5, 0.6) is 0 Å². The molecule has 27 heavy (non-hydrogen) atoms. The van der Waals surface area contributed by atoms with E-state index in [-0.39, 0.29) is 29.8 Å². The number of rotatable bonds is 5. The number of nitrogens with one attached hydrogen (secondary N) is 1. The van der Waals surface area contributed by atoms with Crippen molar-refractivity contribution in [1.29, 1.82) is 0 Å². The third-order valence-corrected chi connectivity index (χ3v) is 7.04. The van der Waals surface area contributed by atoms with E-state index in [1.165, 1.54) is 18.4 Å². The minimum absolute atomic E-state index is 0. The lowest BCUT2D eigenvalue weighted by molar-refractivity contribution is -0.131. The molecule has 1 aromatic heterocycles. The molecule has 1 aliphatic rings. The molecule has 2 heterocycles. The molecule has 7 nitrogen and oxygen atoms in total. The molecule has 10 heteroatoms. The Morgan fingerprint density at radius 2 is 2.04 bits per heavy atom. The predicted octanol–water partition coefficient (Wildman–Crippen LogP) is 1.59. The standard InChI is InChI=1S/C17H22N4O3S2.ClH/c1-13-12-25-17(19-13)14-4-3-5-15(10-14)26(23,24)20(2)11-16(22)21-8-6-18-7-9-21;/h3-5,10,12,18H,6-9,11H2,1-2H3;1H. The number of piperazine rings is 1. The molecule has 1 aromatic carbocycles. The third kappa shape index (κ3) is 5.05. The summed E-state index contributed by atoms with van der Waals surface area (Å²) in [5.41, 5.74) is 1.66. The number of hydrogen-bond acceptors (Lipinski definition) is 6. The van der Waals surface area contributed by atoms with Gasteiger partial charge in [-0.2, -0.15) is 4.31 Å². The van der Waals surface area contributed by atoms with Crippen molar-refractivity contribution in [3.63, 3.8) is 0 Å². The highest BCUT2D eigenvalue weighted by Crippen LogP contribution is 2.26. The van der Waals surface area contributed by atoms with Gasteiger partial charge in [0, 0.05) is 49.9 Å². The summed E-state index contributed by atoms with van der Waals surface area (Å²) in [5.74, 6) is -0.177. The number of aryl methyl sites for hydroxylation is 1. The predicted molar refractivity (Wildman–Crippen MR) is 109 cm³/mol. The van der Waals surface area contributed by atoms with Gasteiger partial charge < -0.3 is 10.2 Å². The number of carbonyl (C=O) groups excluding carboxylic acids is 1. The van der Waals surface area contributed by atoms with Gasteiger partial charge in [-0.15, -0.1) is 23.7 Å². The Labute approximate surface area is 169 Å². The largest absolute Gasteiger partial charge is 0.339 e. The molecule has 2 aromatic rings. The van der Waals surface area contributed by atoms with Crippen LogP contribution in [0.25, 0.3) is 10.6 Å². The van der Waals surface area contributed by atoms with Gasteiger partial charge in [0.05, 0.1) is 11.4 Å². The summed E-state index contributed by atoms with van der Waals surface area (Å²) in [5, 5.41) is 5.87. The summed E-state index contributed by atoms with van der Waals surface area (Å²) in [6.07, 6.45) is 0. The SMILES string of the molecule is Cc1csc(-c2cccc(S(=O)(=O)N(C)CC(=O)N3CCNCC3)c2)n1.Cl. The molecule has 0 aliphatic carbocycles. The van der Waals surface area contributed by atoms with E-state index in [4.69, 9.17) is 0 Å². The highest BCUT2D eigenvalue weighted by Gasteiger charge is 2.26. The fourth-order valence-electron chi connectivity index (χ4n) is 2.75. The zero-order valence-corrected chi connectivity index (χ0v) is 17.7. The molecule has 0 saturated carbocycles. The van der Waals surface area contributed by atoms with Gasteiger partial charge in [-0.1, -0.05) is 12.1 Å². The smallest absolute Gasteiger partial charge is 0.243 e. The molecule has 3 rings (SSSR count). The Morgan fingerprint density at radius 1 is 1.33 bits per heavy atom. The summed E-state index contributed by atoms with van der Waals surface area (Å²) >= 11 is 1.47. The maximum absolute atomic E-state index is 12.9. The molecule has 0 spiro atoms. The van der Waals surface area contributed by atoms with E-state index in [9.17, 15) is 13.2 Å². The first kappa shape index (κ1) is 21.8. The first-order valence-corrected chi connectivity index (χ1v) is 10.7. The van der Waals surface area contributed by atoms with Crippen molar-refractivity contribution in [2.45, 2.75) is 11.8 Å². The fourth-order valence-corrected chi connectivity index (χ4v) is 4.71. The van der Waals surface area contributed by atoms with E-state index in [2.05, 4.69) is 10.3 Å². The quantitative estimate of drug-likeness (QED) is 0.778. The van der Waals surface area contributed by atoms with Crippen LogP contribution in [0.1, 0.15) is 5.69 Å². The summed E-state index contributed by atoms with van der Waals surface area (Å²) in [7, 11) is -2.31. The topological polar surface area (TPSA) is 82.6 Å². The van der Waals surface area contributed by atoms with E-state index in [1.807, 2.05) is 18.4 Å². The molecular formula is C17H23ClN4O3S2. The van der Waals surface area contributed by atoms with E-state index >= 15 is 0 Å². The molecule has 0 unspecified atom stereocenters. The normalized spacial score (nSPS) is 14.9. The Balaban J connectivity index is 0.00000261. The minimum atomic E-state index is -3.75. The Morgan fingerprint density at radius 3 is 2.67 bits per heavy atom. The van der Waals surface area contributed by atoms with Gasteiger partial charge in [0.2, 0.25) is 15.9 Å². The van der Waals surface area contributed by atoms with Crippen molar-refractivity contribution in [3.05, 3.63) is 35.3 Å². The van der Waals surface area contributed by atoms with Gasteiger partial charge >= 0.3 is 0 Å². The number of likely N-dealkylation sites (N-methyl/N-ethyl adjacent to an activating group) is 1. The van der Waals surface area contributed by atoms with Crippen LogP contribution in [0.3, 0.4) is 0 Å². The number of thiazole rings is 1. The number of nitrogens with zero attached hydrogens (tertiary/aromatic N) is 3. The third-order valence-electron chi connectivity index (χ3n) is 4.24. The first-order valence-electron chi connectivity index (χ1n) is 8.35. The maximum Gasteiger partial charge on any atom is 0.243 e. The zero-order chi connectivity index (χ0) is 18.7. The van der Waals surface area contributed by atoms with Gasteiger partial charge in [-0.05, 0) is 19.1 Å². The van der Waals surface area contributed by atoms with Crippen LogP contribution in [0.2, 0.25) is 0 Å². The molecule has 0 radical (unpaired) electrons. The van der Waals surface area contributed by atoms with Gasteiger partial charge in [-0.3, -0.25) is 4.79 Å². The van der Waals surface area contributed by atoms with Gasteiger partial charge in [0.1, 0.15) is 5.01 Å². The number of aromatic nitrogens is 1. The van der Waals surface area contributed by atoms with Crippen molar-refractivity contribution in [3.8, 4) is 10.6 Å². The van der Waals surface area contributed by atoms with Crippen molar-refractivity contribution in [2.24, 2.45) is 0 Å². The lowest BCUT2D eigenvalue weighted by atomic mass is 10.2. The highest BCUT2D eigenvalue weighted by molar-refractivity contribution is 7.89. The molecule has 0 bridgehead atoms. The molecule has 1 amide bonds. The Kier molecular flexibility index (Phi) is 7.35. The van der Waals surface area contributed by atoms with Crippen molar-refractivity contribution >= 4 is 39.7 Å². The van der Waals surface area contributed by atoms with Gasteiger partial charge in [0.15, 0.2) is 0 Å². The number of amides is 1. The number of halogens is 1. The summed E-state index contributed by atoms with van der Waals surface area (Å²) in [6, 6.07) is 6.69. The molecule has 1 saturated heterocycles. The molecule has 1 N–H and O–H groups in total. The molecule has 1 fully saturated rings. The highest BCUT2D eigenvalue weighted by atomic mass is 35.5. The zero-order valence-electron chi connectivity index (χ0n) is 15.2. The van der Waals surface area contributed by atoms with E-state index in [0.29, 0.717) is 13.1 Å². The average molecular weight is 431 g/mol. The van der Waals surface area contributed by atoms with Crippen LogP contribution in [-0.2, 0) is 14.8 Å². The number of benzene rings is 1. The van der Waals surface area contributed by atoms with Gasteiger partial charge in [0.25, 0.3) is 0 Å². The van der Waals surface area contributed by atoms with E-state index in [0.717, 1.165) is 33.7 Å². The number of sulfonamides is 1. The lowest BCUT2D eigenvalue weighted by Crippen LogP contribution is -2.49. The summed E-state index contributed by atoms with van der Waals surface area (Å²) < 4.78 is 26.8. The first-order chi connectivity index (χ1) is 12.4. The lowest BCUT2D eigenvalue weighted by Gasteiger charge is -2.29.